The number of esters is 2. The Morgan fingerprint density at radius 3 is 2.35 bits per heavy atom. The molecule has 5 nitrogen and oxygen atoms in total. The van der Waals surface area contributed by atoms with Crippen LogP contribution >= 0.6 is 0 Å². The van der Waals surface area contributed by atoms with E-state index in [4.69, 9.17) is 4.74 Å². The van der Waals surface area contributed by atoms with Gasteiger partial charge in [0.1, 0.15) is 5.60 Å². The van der Waals surface area contributed by atoms with Crippen molar-refractivity contribution >= 4 is 11.9 Å². The molecule has 0 spiro atoms. The third-order valence-electron chi connectivity index (χ3n) is 3.15. The fourth-order valence-corrected chi connectivity index (χ4v) is 2.10. The summed E-state index contributed by atoms with van der Waals surface area (Å²) >= 11 is 0. The van der Waals surface area contributed by atoms with E-state index in [2.05, 4.69) is 9.64 Å². The van der Waals surface area contributed by atoms with Crippen molar-refractivity contribution in [1.82, 2.24) is 4.90 Å². The molecule has 1 saturated heterocycles. The highest BCUT2D eigenvalue weighted by molar-refractivity contribution is 5.81. The van der Waals surface area contributed by atoms with Crippen molar-refractivity contribution < 1.29 is 19.1 Å². The summed E-state index contributed by atoms with van der Waals surface area (Å²) < 4.78 is 9.94. The maximum absolute atomic E-state index is 11.9. The zero-order valence-electron chi connectivity index (χ0n) is 12.8. The Bertz CT molecular complexity index is 363. The summed E-state index contributed by atoms with van der Waals surface area (Å²) in [6, 6.07) is 0. The molecule has 1 aliphatic heterocycles. The molecule has 114 valence electrons. The molecular formula is C15H25NO4. The largest absolute Gasteiger partial charge is 0.466 e. The van der Waals surface area contributed by atoms with Crippen LogP contribution in [0.3, 0.4) is 0 Å². The number of rotatable bonds is 4. The van der Waals surface area contributed by atoms with Crippen molar-refractivity contribution in [2.45, 2.75) is 39.2 Å². The molecule has 0 saturated carbocycles. The Kier molecular flexibility index (Phi) is 6.20. The molecule has 0 atom stereocenters. The number of hydrogen-bond acceptors (Lipinski definition) is 5. The highest BCUT2D eigenvalue weighted by atomic mass is 16.6. The fourth-order valence-electron chi connectivity index (χ4n) is 2.10. The topological polar surface area (TPSA) is 55.8 Å². The molecule has 5 heteroatoms. The van der Waals surface area contributed by atoms with Gasteiger partial charge in [0, 0.05) is 12.6 Å². The minimum absolute atomic E-state index is 0.00457. The van der Waals surface area contributed by atoms with Crippen molar-refractivity contribution in [3.8, 4) is 0 Å². The van der Waals surface area contributed by atoms with E-state index in [1.54, 1.807) is 6.08 Å². The molecule has 0 aromatic carbocycles. The summed E-state index contributed by atoms with van der Waals surface area (Å²) in [7, 11) is 1.36. The highest BCUT2D eigenvalue weighted by Gasteiger charge is 2.28. The molecule has 0 unspecified atom stereocenters. The number of methoxy groups -OCH3 is 1. The normalized spacial score (nSPS) is 18.2. The van der Waals surface area contributed by atoms with E-state index in [-0.39, 0.29) is 17.9 Å². The summed E-state index contributed by atoms with van der Waals surface area (Å²) in [5.74, 6) is -0.439. The predicted octanol–water partition coefficient (Wildman–Crippen LogP) is 1.77. The second kappa shape index (κ2) is 7.43. The summed E-state index contributed by atoms with van der Waals surface area (Å²) in [4.78, 5) is 25.1. The Morgan fingerprint density at radius 2 is 1.85 bits per heavy atom. The molecule has 1 aliphatic rings. The Hall–Kier alpha value is -1.36. The van der Waals surface area contributed by atoms with Gasteiger partial charge >= 0.3 is 11.9 Å². The van der Waals surface area contributed by atoms with E-state index in [9.17, 15) is 9.59 Å². The fraction of sp³-hybridized carbons (Fsp3) is 0.733. The summed E-state index contributed by atoms with van der Waals surface area (Å²) in [5, 5.41) is 0. The van der Waals surface area contributed by atoms with Crippen molar-refractivity contribution in [2.24, 2.45) is 5.92 Å². The van der Waals surface area contributed by atoms with Crippen molar-refractivity contribution in [3.05, 3.63) is 12.2 Å². The lowest BCUT2D eigenvalue weighted by molar-refractivity contribution is -0.161. The maximum Gasteiger partial charge on any atom is 0.330 e. The van der Waals surface area contributed by atoms with Gasteiger partial charge in [0.05, 0.1) is 13.0 Å². The van der Waals surface area contributed by atoms with Crippen LogP contribution in [0.2, 0.25) is 0 Å². The van der Waals surface area contributed by atoms with E-state index in [1.807, 2.05) is 20.8 Å². The number of nitrogens with zero attached hydrogens (tertiary/aromatic N) is 1. The van der Waals surface area contributed by atoms with Gasteiger partial charge in [-0.05, 0) is 46.7 Å². The van der Waals surface area contributed by atoms with Crippen molar-refractivity contribution in [3.63, 3.8) is 0 Å². The number of piperidine rings is 1. The van der Waals surface area contributed by atoms with Crippen LogP contribution in [-0.2, 0) is 19.1 Å². The molecule has 0 aromatic heterocycles. The van der Waals surface area contributed by atoms with E-state index in [0.717, 1.165) is 25.9 Å². The lowest BCUT2D eigenvalue weighted by atomic mass is 9.96. The lowest BCUT2D eigenvalue weighted by Gasteiger charge is -2.31. The van der Waals surface area contributed by atoms with Crippen LogP contribution in [0.4, 0.5) is 0 Å². The average molecular weight is 283 g/mol. The number of carbonyl (C=O) groups is 2. The molecular weight excluding hydrogens is 258 g/mol. The van der Waals surface area contributed by atoms with E-state index in [1.165, 1.54) is 13.2 Å². The monoisotopic (exact) mass is 283 g/mol. The summed E-state index contributed by atoms with van der Waals surface area (Å²) in [6.07, 6.45) is 4.83. The molecule has 20 heavy (non-hydrogen) atoms. The van der Waals surface area contributed by atoms with Crippen molar-refractivity contribution in [1.29, 1.82) is 0 Å². The molecule has 0 amide bonds. The molecule has 0 bridgehead atoms. The molecule has 0 aliphatic carbocycles. The number of likely N-dealkylation sites (tertiary alicyclic amines) is 1. The Labute approximate surface area is 120 Å². The second-order valence-corrected chi connectivity index (χ2v) is 6.03. The molecule has 1 rings (SSSR count). The smallest absolute Gasteiger partial charge is 0.330 e. The van der Waals surface area contributed by atoms with E-state index in [0.29, 0.717) is 6.54 Å². The molecule has 0 N–H and O–H groups in total. The van der Waals surface area contributed by atoms with Crippen LogP contribution in [0.5, 0.6) is 0 Å². The number of carbonyl (C=O) groups excluding carboxylic acids is 2. The zero-order valence-corrected chi connectivity index (χ0v) is 12.8. The van der Waals surface area contributed by atoms with Gasteiger partial charge in [-0.1, -0.05) is 6.08 Å². The van der Waals surface area contributed by atoms with E-state index >= 15 is 0 Å². The van der Waals surface area contributed by atoms with E-state index < -0.39 is 5.60 Å². The standard InChI is InChI=1S/C15H25NO4/c1-15(2,3)20-14(18)12-7-10-16(11-8-12)9-5-6-13(17)19-4/h5-6,12H,7-11H2,1-4H3. The second-order valence-electron chi connectivity index (χ2n) is 6.03. The van der Waals surface area contributed by atoms with Gasteiger partial charge in [-0.3, -0.25) is 9.69 Å². The molecule has 1 heterocycles. The van der Waals surface area contributed by atoms with Crippen LogP contribution in [-0.4, -0.2) is 49.2 Å². The first-order chi connectivity index (χ1) is 9.31. The minimum atomic E-state index is -0.419. The Morgan fingerprint density at radius 1 is 1.25 bits per heavy atom. The van der Waals surface area contributed by atoms with Gasteiger partial charge < -0.3 is 9.47 Å². The molecule has 0 aromatic rings. The maximum atomic E-state index is 11.9. The average Bonchev–Trinajstić information content (AvgIpc) is 2.37. The van der Waals surface area contributed by atoms with Crippen LogP contribution in [0.25, 0.3) is 0 Å². The summed E-state index contributed by atoms with van der Waals surface area (Å²) in [6.45, 7) is 8.05. The quantitative estimate of drug-likeness (QED) is 0.581. The van der Waals surface area contributed by atoms with Crippen LogP contribution in [0.1, 0.15) is 33.6 Å². The van der Waals surface area contributed by atoms with Crippen LogP contribution in [0.15, 0.2) is 12.2 Å². The third kappa shape index (κ3) is 6.19. The minimum Gasteiger partial charge on any atom is -0.466 e. The van der Waals surface area contributed by atoms with Gasteiger partial charge in [-0.15, -0.1) is 0 Å². The van der Waals surface area contributed by atoms with Crippen LogP contribution < -0.4 is 0 Å². The summed E-state index contributed by atoms with van der Waals surface area (Å²) in [5.41, 5.74) is -0.419. The molecule has 0 radical (unpaired) electrons. The third-order valence-corrected chi connectivity index (χ3v) is 3.15. The predicted molar refractivity (Wildman–Crippen MR) is 76.2 cm³/mol. The zero-order chi connectivity index (χ0) is 15.2. The number of ether oxygens (including phenoxy) is 2. The molecule has 1 fully saturated rings. The number of hydrogen-bond donors (Lipinski definition) is 0. The lowest BCUT2D eigenvalue weighted by Crippen LogP contribution is -2.38. The van der Waals surface area contributed by atoms with Crippen molar-refractivity contribution in [2.75, 3.05) is 26.7 Å². The van der Waals surface area contributed by atoms with Gasteiger partial charge in [-0.25, -0.2) is 4.79 Å². The first kappa shape index (κ1) is 16.7. The SMILES string of the molecule is COC(=O)C=CCN1CCC(C(=O)OC(C)(C)C)CC1. The first-order valence-corrected chi connectivity index (χ1v) is 7.01. The first-order valence-electron chi connectivity index (χ1n) is 7.01. The van der Waals surface area contributed by atoms with Gasteiger partial charge in [-0.2, -0.15) is 0 Å². The highest BCUT2D eigenvalue weighted by Crippen LogP contribution is 2.21. The van der Waals surface area contributed by atoms with Gasteiger partial charge in [0.2, 0.25) is 0 Å². The van der Waals surface area contributed by atoms with Gasteiger partial charge in [0.15, 0.2) is 0 Å². The van der Waals surface area contributed by atoms with Crippen LogP contribution in [0, 0.1) is 5.92 Å². The van der Waals surface area contributed by atoms with Gasteiger partial charge in [0.25, 0.3) is 0 Å². The Balaban J connectivity index is 2.31.